The number of aromatic nitrogens is 3. The summed E-state index contributed by atoms with van der Waals surface area (Å²) in [7, 11) is 0. The first-order valence-electron chi connectivity index (χ1n) is 6.87. The van der Waals surface area contributed by atoms with Crippen LogP contribution in [0.4, 0.5) is 0 Å². The molecule has 0 unspecified atom stereocenters. The molecule has 0 atom stereocenters. The molecule has 2 rings (SSSR count). The zero-order valence-corrected chi connectivity index (χ0v) is 12.4. The van der Waals surface area contributed by atoms with Crippen molar-refractivity contribution >= 4 is 17.7 Å². The van der Waals surface area contributed by atoms with Crippen molar-refractivity contribution in [1.29, 1.82) is 0 Å². The molecule has 5 nitrogen and oxygen atoms in total. The van der Waals surface area contributed by atoms with Gasteiger partial charge in [-0.1, -0.05) is 25.6 Å². The van der Waals surface area contributed by atoms with E-state index in [9.17, 15) is 4.79 Å². The van der Waals surface area contributed by atoms with E-state index in [2.05, 4.69) is 28.6 Å². The average Bonchev–Trinajstić information content (AvgIpc) is 3.06. The van der Waals surface area contributed by atoms with Crippen molar-refractivity contribution < 1.29 is 9.90 Å². The monoisotopic (exact) mass is 283 g/mol. The molecule has 0 aromatic carbocycles. The summed E-state index contributed by atoms with van der Waals surface area (Å²) in [5, 5.41) is 17.9. The Bertz CT molecular complexity index is 455. The molecule has 0 aliphatic heterocycles. The number of carbonyl (C=O) groups is 1. The Labute approximate surface area is 117 Å². The number of thioether (sulfide) groups is 1. The number of rotatable bonds is 8. The largest absolute Gasteiger partial charge is 0.481 e. The third-order valence-electron chi connectivity index (χ3n) is 3.79. The molecule has 0 spiro atoms. The van der Waals surface area contributed by atoms with Crippen LogP contribution in [0.3, 0.4) is 0 Å². The minimum atomic E-state index is -0.812. The number of carboxylic acid groups (broad SMARTS) is 1. The Hall–Kier alpha value is -1.04. The quantitative estimate of drug-likeness (QED) is 0.743. The van der Waals surface area contributed by atoms with Gasteiger partial charge in [0, 0.05) is 13.0 Å². The number of nitrogens with zero attached hydrogens (tertiary/aromatic N) is 3. The molecular formula is C13H21N3O2S. The van der Waals surface area contributed by atoms with Gasteiger partial charge >= 0.3 is 5.97 Å². The van der Waals surface area contributed by atoms with E-state index >= 15 is 0 Å². The maximum Gasteiger partial charge on any atom is 0.313 e. The highest BCUT2D eigenvalue weighted by Crippen LogP contribution is 2.50. The summed E-state index contributed by atoms with van der Waals surface area (Å²) in [5.74, 6) is 0.229. The van der Waals surface area contributed by atoms with Crippen LogP contribution in [0, 0.1) is 5.41 Å². The van der Waals surface area contributed by atoms with Crippen molar-refractivity contribution in [2.45, 2.75) is 57.7 Å². The van der Waals surface area contributed by atoms with Gasteiger partial charge in [0.15, 0.2) is 5.16 Å². The third-order valence-corrected chi connectivity index (χ3v) is 4.74. The van der Waals surface area contributed by atoms with Crippen molar-refractivity contribution in [3.63, 3.8) is 0 Å². The molecule has 1 aliphatic carbocycles. The van der Waals surface area contributed by atoms with Gasteiger partial charge in [0.2, 0.25) is 0 Å². The van der Waals surface area contributed by atoms with Crippen molar-refractivity contribution in [1.82, 2.24) is 14.8 Å². The van der Waals surface area contributed by atoms with E-state index < -0.39 is 5.97 Å². The van der Waals surface area contributed by atoms with Gasteiger partial charge in [-0.25, -0.2) is 0 Å². The van der Waals surface area contributed by atoms with E-state index in [1.807, 2.05) is 0 Å². The van der Waals surface area contributed by atoms with Gasteiger partial charge < -0.3 is 9.67 Å². The molecule has 1 N–H and O–H groups in total. The Morgan fingerprint density at radius 3 is 2.68 bits per heavy atom. The number of hydrogen-bond donors (Lipinski definition) is 1. The van der Waals surface area contributed by atoms with Crippen LogP contribution >= 0.6 is 11.8 Å². The molecule has 1 saturated carbocycles. The minimum absolute atomic E-state index is 0.0450. The van der Waals surface area contributed by atoms with Crippen LogP contribution in [0.5, 0.6) is 0 Å². The molecule has 106 valence electrons. The number of aryl methyl sites for hydroxylation is 1. The normalized spacial score (nSPS) is 16.5. The van der Waals surface area contributed by atoms with Crippen LogP contribution in [-0.2, 0) is 17.8 Å². The summed E-state index contributed by atoms with van der Waals surface area (Å²) in [6.07, 6.45) is 5.62. The summed E-state index contributed by atoms with van der Waals surface area (Å²) < 4.78 is 2.15. The summed E-state index contributed by atoms with van der Waals surface area (Å²) in [6, 6.07) is 0. The van der Waals surface area contributed by atoms with Crippen molar-refractivity contribution in [2.24, 2.45) is 5.41 Å². The third kappa shape index (κ3) is 3.49. The van der Waals surface area contributed by atoms with Crippen LogP contribution < -0.4 is 0 Å². The molecule has 1 heterocycles. The lowest BCUT2D eigenvalue weighted by molar-refractivity contribution is -0.133. The number of hydrogen-bond acceptors (Lipinski definition) is 4. The highest BCUT2D eigenvalue weighted by molar-refractivity contribution is 7.99. The molecule has 0 saturated heterocycles. The molecule has 6 heteroatoms. The smallest absolute Gasteiger partial charge is 0.313 e. The summed E-state index contributed by atoms with van der Waals surface area (Å²) >= 11 is 1.27. The fourth-order valence-electron chi connectivity index (χ4n) is 2.26. The van der Waals surface area contributed by atoms with Gasteiger partial charge in [-0.05, 0) is 31.1 Å². The molecule has 19 heavy (non-hydrogen) atoms. The lowest BCUT2D eigenvalue weighted by atomic mass is 10.0. The second kappa shape index (κ2) is 5.94. The van der Waals surface area contributed by atoms with E-state index in [0.717, 1.165) is 30.4 Å². The Morgan fingerprint density at radius 2 is 2.16 bits per heavy atom. The molecular weight excluding hydrogens is 262 g/mol. The molecule has 1 aliphatic rings. The molecule has 0 bridgehead atoms. The summed E-state index contributed by atoms with van der Waals surface area (Å²) in [5.41, 5.74) is 0.406. The van der Waals surface area contributed by atoms with Crippen LogP contribution in [0.1, 0.15) is 45.4 Å². The highest BCUT2D eigenvalue weighted by Gasteiger charge is 2.41. The van der Waals surface area contributed by atoms with Crippen molar-refractivity contribution in [2.75, 3.05) is 5.75 Å². The van der Waals surface area contributed by atoms with Gasteiger partial charge in [-0.3, -0.25) is 4.79 Å². The van der Waals surface area contributed by atoms with Crippen LogP contribution in [0.2, 0.25) is 0 Å². The van der Waals surface area contributed by atoms with E-state index in [-0.39, 0.29) is 5.75 Å². The predicted molar refractivity (Wildman–Crippen MR) is 74.3 cm³/mol. The number of aliphatic carboxylic acids is 1. The number of carboxylic acids is 1. The molecule has 1 fully saturated rings. The SMILES string of the molecule is CCCc1nnc(SCC(=O)O)n1CC1(CC)CC1. The second-order valence-electron chi connectivity index (χ2n) is 5.27. The van der Waals surface area contributed by atoms with Crippen molar-refractivity contribution in [3.8, 4) is 0 Å². The fraction of sp³-hybridized carbons (Fsp3) is 0.769. The van der Waals surface area contributed by atoms with Crippen LogP contribution in [0.25, 0.3) is 0 Å². The van der Waals surface area contributed by atoms with E-state index in [4.69, 9.17) is 5.11 Å². The Morgan fingerprint density at radius 1 is 1.42 bits per heavy atom. The van der Waals surface area contributed by atoms with Gasteiger partial charge in [0.1, 0.15) is 5.82 Å². The zero-order valence-electron chi connectivity index (χ0n) is 11.6. The lowest BCUT2D eigenvalue weighted by Crippen LogP contribution is -2.15. The lowest BCUT2D eigenvalue weighted by Gasteiger charge is -2.16. The molecule has 0 amide bonds. The molecule has 1 aromatic rings. The topological polar surface area (TPSA) is 68.0 Å². The first-order valence-corrected chi connectivity index (χ1v) is 7.85. The van der Waals surface area contributed by atoms with Crippen molar-refractivity contribution in [3.05, 3.63) is 5.82 Å². The minimum Gasteiger partial charge on any atom is -0.481 e. The van der Waals surface area contributed by atoms with E-state index in [1.54, 1.807) is 0 Å². The maximum atomic E-state index is 10.7. The Kier molecular flexibility index (Phi) is 4.50. The van der Waals surface area contributed by atoms with E-state index in [0.29, 0.717) is 5.41 Å². The summed E-state index contributed by atoms with van der Waals surface area (Å²) in [4.78, 5) is 10.7. The van der Waals surface area contributed by atoms with Gasteiger partial charge in [-0.15, -0.1) is 10.2 Å². The molecule has 0 radical (unpaired) electrons. The maximum absolute atomic E-state index is 10.7. The summed E-state index contributed by atoms with van der Waals surface area (Å²) in [6.45, 7) is 5.28. The first kappa shape index (κ1) is 14.4. The highest BCUT2D eigenvalue weighted by atomic mass is 32.2. The second-order valence-corrected chi connectivity index (χ2v) is 6.21. The Balaban J connectivity index is 2.15. The van der Waals surface area contributed by atoms with Gasteiger partial charge in [-0.2, -0.15) is 0 Å². The standard InChI is InChI=1S/C13H21N3O2S/c1-3-5-10-14-15-12(19-8-11(17)18)16(10)9-13(4-2)6-7-13/h3-9H2,1-2H3,(H,17,18). The van der Waals surface area contributed by atoms with E-state index in [1.165, 1.54) is 31.0 Å². The zero-order chi connectivity index (χ0) is 13.9. The fourth-order valence-corrected chi connectivity index (χ4v) is 2.93. The molecule has 1 aromatic heterocycles. The predicted octanol–water partition coefficient (Wildman–Crippen LogP) is 2.60. The first-order chi connectivity index (χ1) is 9.10. The van der Waals surface area contributed by atoms with Gasteiger partial charge in [0.05, 0.1) is 5.75 Å². The van der Waals surface area contributed by atoms with Crippen LogP contribution in [-0.4, -0.2) is 31.6 Å². The average molecular weight is 283 g/mol. The van der Waals surface area contributed by atoms with Gasteiger partial charge in [0.25, 0.3) is 0 Å². The van der Waals surface area contributed by atoms with Crippen LogP contribution in [0.15, 0.2) is 5.16 Å².